The zero-order chi connectivity index (χ0) is 12.3. The molecule has 6 nitrogen and oxygen atoms in total. The van der Waals surface area contributed by atoms with Crippen LogP contribution in [0.3, 0.4) is 0 Å². The number of anilines is 1. The molecule has 2 heterocycles. The third-order valence-electron chi connectivity index (χ3n) is 2.64. The topological polar surface area (TPSA) is 68.7 Å². The minimum Gasteiger partial charge on any atom is -0.481 e. The van der Waals surface area contributed by atoms with Crippen LogP contribution in [0, 0.1) is 0 Å². The number of nitrogens with one attached hydrogen (secondary N) is 1. The molecular formula is C10H16N4O2S. The van der Waals surface area contributed by atoms with E-state index in [1.807, 2.05) is 0 Å². The normalized spacial score (nSPS) is 18.2. The Hall–Kier alpha value is -1.18. The number of carbonyl (C=O) groups is 1. The van der Waals surface area contributed by atoms with E-state index in [2.05, 4.69) is 27.4 Å². The molecule has 1 fully saturated rings. The zero-order valence-electron chi connectivity index (χ0n) is 9.72. The van der Waals surface area contributed by atoms with E-state index >= 15 is 0 Å². The number of hydrazine groups is 1. The number of hydrogen-bond donors (Lipinski definition) is 2. The number of carboxylic acid groups (broad SMARTS) is 1. The summed E-state index contributed by atoms with van der Waals surface area (Å²) >= 11 is 1.45. The molecule has 0 aromatic carbocycles. The van der Waals surface area contributed by atoms with Gasteiger partial charge in [-0.3, -0.25) is 10.2 Å². The summed E-state index contributed by atoms with van der Waals surface area (Å²) in [5, 5.41) is 13.3. The van der Waals surface area contributed by atoms with Gasteiger partial charge in [-0.2, -0.15) is 0 Å². The highest BCUT2D eigenvalue weighted by Gasteiger charge is 2.14. The molecule has 0 unspecified atom stereocenters. The minimum atomic E-state index is -0.846. The summed E-state index contributed by atoms with van der Waals surface area (Å²) in [4.78, 5) is 17.0. The van der Waals surface area contributed by atoms with E-state index in [0.717, 1.165) is 31.3 Å². The summed E-state index contributed by atoms with van der Waals surface area (Å²) < 4.78 is 0. The average Bonchev–Trinajstić information content (AvgIpc) is 2.68. The molecule has 0 amide bonds. The molecule has 0 radical (unpaired) electrons. The summed E-state index contributed by atoms with van der Waals surface area (Å²) in [7, 11) is 2.10. The lowest BCUT2D eigenvalue weighted by Crippen LogP contribution is -2.46. The molecule has 0 bridgehead atoms. The Balaban J connectivity index is 1.86. The quantitative estimate of drug-likeness (QED) is 0.810. The van der Waals surface area contributed by atoms with Crippen LogP contribution in [0.5, 0.6) is 0 Å². The summed E-state index contributed by atoms with van der Waals surface area (Å²) in [5.41, 5.74) is 3.83. The van der Waals surface area contributed by atoms with Crippen molar-refractivity contribution in [1.82, 2.24) is 14.9 Å². The van der Waals surface area contributed by atoms with E-state index in [9.17, 15) is 4.79 Å². The van der Waals surface area contributed by atoms with Crippen LogP contribution in [-0.4, -0.2) is 59.2 Å². The van der Waals surface area contributed by atoms with Crippen LogP contribution in [0.1, 0.15) is 5.69 Å². The molecule has 7 heteroatoms. The number of hydrogen-bond acceptors (Lipinski definition) is 6. The van der Waals surface area contributed by atoms with E-state index in [1.54, 1.807) is 5.38 Å². The number of piperazine rings is 1. The van der Waals surface area contributed by atoms with Gasteiger partial charge < -0.3 is 10.0 Å². The standard InChI is InChI=1S/C10H16N4O2S/c1-13-2-4-14(5-3-13)12-10-11-8(7-17-10)6-9(15)16/h7H,2-6H2,1H3,(H,11,12)(H,15,16). The van der Waals surface area contributed by atoms with Gasteiger partial charge in [-0.15, -0.1) is 11.3 Å². The maximum atomic E-state index is 10.5. The van der Waals surface area contributed by atoms with Gasteiger partial charge in [-0.25, -0.2) is 9.99 Å². The first-order chi connectivity index (χ1) is 8.13. The van der Waals surface area contributed by atoms with Crippen LogP contribution in [0.4, 0.5) is 5.13 Å². The highest BCUT2D eigenvalue weighted by atomic mass is 32.1. The van der Waals surface area contributed by atoms with Crippen molar-refractivity contribution in [2.75, 3.05) is 38.7 Å². The Bertz CT molecular complexity index is 387. The van der Waals surface area contributed by atoms with E-state index in [4.69, 9.17) is 5.11 Å². The number of likely N-dealkylation sites (N-methyl/N-ethyl adjacent to an activating group) is 1. The maximum Gasteiger partial charge on any atom is 0.309 e. The van der Waals surface area contributed by atoms with Crippen LogP contribution >= 0.6 is 11.3 Å². The molecule has 2 rings (SSSR count). The number of aromatic nitrogens is 1. The number of nitrogens with zero attached hydrogens (tertiary/aromatic N) is 3. The van der Waals surface area contributed by atoms with Crippen molar-refractivity contribution in [2.24, 2.45) is 0 Å². The molecule has 94 valence electrons. The highest BCUT2D eigenvalue weighted by Crippen LogP contribution is 2.17. The van der Waals surface area contributed by atoms with E-state index < -0.39 is 5.97 Å². The van der Waals surface area contributed by atoms with E-state index in [-0.39, 0.29) is 6.42 Å². The second kappa shape index (κ2) is 5.44. The van der Waals surface area contributed by atoms with Crippen molar-refractivity contribution in [3.63, 3.8) is 0 Å². The first-order valence-electron chi connectivity index (χ1n) is 5.50. The van der Waals surface area contributed by atoms with Gasteiger partial charge in [0.1, 0.15) is 0 Å². The molecule has 1 aliphatic rings. The van der Waals surface area contributed by atoms with Crippen molar-refractivity contribution in [1.29, 1.82) is 0 Å². The number of thiazole rings is 1. The average molecular weight is 256 g/mol. The smallest absolute Gasteiger partial charge is 0.309 e. The molecule has 2 N–H and O–H groups in total. The van der Waals surface area contributed by atoms with Crippen LogP contribution in [-0.2, 0) is 11.2 Å². The Morgan fingerprint density at radius 2 is 2.24 bits per heavy atom. The Kier molecular flexibility index (Phi) is 3.93. The number of rotatable bonds is 4. The van der Waals surface area contributed by atoms with Gasteiger partial charge in [-0.1, -0.05) is 0 Å². The molecule has 1 aromatic heterocycles. The SMILES string of the molecule is CN1CCN(Nc2nc(CC(=O)O)cs2)CC1. The molecule has 0 aliphatic carbocycles. The summed E-state index contributed by atoms with van der Waals surface area (Å²) in [5.74, 6) is -0.846. The fourth-order valence-corrected chi connectivity index (χ4v) is 2.38. The predicted octanol–water partition coefficient (Wildman–Crippen LogP) is 0.344. The molecule has 1 aromatic rings. The molecular weight excluding hydrogens is 240 g/mol. The van der Waals surface area contributed by atoms with Gasteiger partial charge in [0, 0.05) is 31.6 Å². The van der Waals surface area contributed by atoms with Crippen molar-refractivity contribution in [3.05, 3.63) is 11.1 Å². The summed E-state index contributed by atoms with van der Waals surface area (Å²) in [6.07, 6.45) is -0.0130. The van der Waals surface area contributed by atoms with Gasteiger partial charge >= 0.3 is 5.97 Å². The molecule has 0 saturated carbocycles. The van der Waals surface area contributed by atoms with Crippen molar-refractivity contribution in [3.8, 4) is 0 Å². The predicted molar refractivity (Wildman–Crippen MR) is 66.1 cm³/mol. The largest absolute Gasteiger partial charge is 0.481 e. The zero-order valence-corrected chi connectivity index (χ0v) is 10.5. The molecule has 1 aliphatic heterocycles. The molecule has 0 atom stereocenters. The number of carboxylic acids is 1. The fraction of sp³-hybridized carbons (Fsp3) is 0.600. The second-order valence-corrected chi connectivity index (χ2v) is 4.97. The Morgan fingerprint density at radius 3 is 2.88 bits per heavy atom. The lowest BCUT2D eigenvalue weighted by atomic mass is 10.3. The van der Waals surface area contributed by atoms with Gasteiger partial charge in [0.25, 0.3) is 0 Å². The van der Waals surface area contributed by atoms with Crippen LogP contribution in [0.15, 0.2) is 5.38 Å². The molecule has 17 heavy (non-hydrogen) atoms. The first kappa shape index (κ1) is 12.3. The second-order valence-electron chi connectivity index (χ2n) is 4.12. The maximum absolute atomic E-state index is 10.5. The van der Waals surface area contributed by atoms with Gasteiger partial charge in [-0.05, 0) is 7.05 Å². The van der Waals surface area contributed by atoms with E-state index in [1.165, 1.54) is 11.3 Å². The van der Waals surface area contributed by atoms with Crippen molar-refractivity contribution < 1.29 is 9.90 Å². The van der Waals surface area contributed by atoms with Gasteiger partial charge in [0.2, 0.25) is 0 Å². The number of aliphatic carboxylic acids is 1. The highest BCUT2D eigenvalue weighted by molar-refractivity contribution is 7.13. The van der Waals surface area contributed by atoms with Crippen LogP contribution in [0.25, 0.3) is 0 Å². The summed E-state index contributed by atoms with van der Waals surface area (Å²) in [6.45, 7) is 3.95. The van der Waals surface area contributed by atoms with Crippen LogP contribution < -0.4 is 5.43 Å². The van der Waals surface area contributed by atoms with Gasteiger partial charge in [0.05, 0.1) is 12.1 Å². The fourth-order valence-electron chi connectivity index (χ4n) is 1.65. The first-order valence-corrected chi connectivity index (χ1v) is 6.38. The van der Waals surface area contributed by atoms with E-state index in [0.29, 0.717) is 5.69 Å². The Labute approximate surface area is 104 Å². The monoisotopic (exact) mass is 256 g/mol. The third kappa shape index (κ3) is 3.65. The lowest BCUT2D eigenvalue weighted by molar-refractivity contribution is -0.136. The van der Waals surface area contributed by atoms with Crippen molar-refractivity contribution in [2.45, 2.75) is 6.42 Å². The molecule has 1 saturated heterocycles. The van der Waals surface area contributed by atoms with Gasteiger partial charge in [0.15, 0.2) is 5.13 Å². The lowest BCUT2D eigenvalue weighted by Gasteiger charge is -2.32. The third-order valence-corrected chi connectivity index (χ3v) is 3.44. The minimum absolute atomic E-state index is 0.0130. The van der Waals surface area contributed by atoms with Crippen molar-refractivity contribution >= 4 is 22.4 Å². The molecule has 0 spiro atoms. The summed E-state index contributed by atoms with van der Waals surface area (Å²) in [6, 6.07) is 0. The Morgan fingerprint density at radius 1 is 1.53 bits per heavy atom. The van der Waals surface area contributed by atoms with Crippen LogP contribution in [0.2, 0.25) is 0 Å².